The van der Waals surface area contributed by atoms with E-state index >= 15 is 0 Å². The molecule has 146 valence electrons. The summed E-state index contributed by atoms with van der Waals surface area (Å²) in [7, 11) is 0. The lowest BCUT2D eigenvalue weighted by atomic mass is 9.38. The number of piperidine rings is 1. The van der Waals surface area contributed by atoms with Crippen molar-refractivity contribution in [2.45, 2.75) is 76.2 Å². The normalized spacial score (nSPS) is 40.9. The van der Waals surface area contributed by atoms with Gasteiger partial charge in [0.1, 0.15) is 0 Å². The number of amides is 1. The second-order valence-corrected chi connectivity index (χ2v) is 10.3. The van der Waals surface area contributed by atoms with Crippen LogP contribution in [0.3, 0.4) is 0 Å². The number of benzene rings is 1. The van der Waals surface area contributed by atoms with E-state index < -0.39 is 0 Å². The third-order valence-corrected chi connectivity index (χ3v) is 8.48. The van der Waals surface area contributed by atoms with Gasteiger partial charge in [0, 0.05) is 6.04 Å². The summed E-state index contributed by atoms with van der Waals surface area (Å²) in [6.07, 6.45) is 10.6. The van der Waals surface area contributed by atoms with Crippen LogP contribution in [-0.2, 0) is 10.2 Å². The molecule has 5 fully saturated rings. The van der Waals surface area contributed by atoms with Crippen LogP contribution in [0, 0.1) is 16.7 Å². The van der Waals surface area contributed by atoms with Crippen molar-refractivity contribution in [1.29, 1.82) is 0 Å². The molecular weight excluding hydrogens is 332 g/mol. The third kappa shape index (κ3) is 2.85. The molecule has 0 aromatic heterocycles. The van der Waals surface area contributed by atoms with Crippen LogP contribution in [0.4, 0.5) is 0 Å². The first-order valence-corrected chi connectivity index (χ1v) is 11.1. The van der Waals surface area contributed by atoms with Crippen LogP contribution >= 0.6 is 0 Å². The largest absolute Gasteiger partial charge is 0.353 e. The average Bonchev–Trinajstić information content (AvgIpc) is 2.68. The Kier molecular flexibility index (Phi) is 4.16. The van der Waals surface area contributed by atoms with Crippen molar-refractivity contribution >= 4 is 5.91 Å². The minimum absolute atomic E-state index is 0.129. The number of hydrogen-bond acceptors (Lipinski definition) is 2. The van der Waals surface area contributed by atoms with Gasteiger partial charge in [-0.2, -0.15) is 0 Å². The molecule has 6 rings (SSSR count). The van der Waals surface area contributed by atoms with Gasteiger partial charge in [0.25, 0.3) is 0 Å². The van der Waals surface area contributed by atoms with E-state index in [1.165, 1.54) is 31.2 Å². The summed E-state index contributed by atoms with van der Waals surface area (Å²) in [4.78, 5) is 13.7. The van der Waals surface area contributed by atoms with Gasteiger partial charge in [-0.3, -0.25) is 4.79 Å². The molecule has 27 heavy (non-hydrogen) atoms. The molecule has 4 aliphatic carbocycles. The standard InChI is InChI=1S/C24H34N2O/c1-2-22-12-18-13-23(15-22,19-6-4-3-5-7-19)17-24(14-18,16-22)21(27)26-20-8-10-25-11-9-20/h3-7,18,20,25H,2,8-17H2,1H3,(H,26,27)/t18?,22-,23-,24?/m0/s1. The van der Waals surface area contributed by atoms with E-state index in [4.69, 9.17) is 0 Å². The lowest BCUT2D eigenvalue weighted by Crippen LogP contribution is -2.63. The quantitative estimate of drug-likeness (QED) is 0.839. The van der Waals surface area contributed by atoms with Crippen LogP contribution in [0.5, 0.6) is 0 Å². The predicted octanol–water partition coefficient (Wildman–Crippen LogP) is 4.17. The highest BCUT2D eigenvalue weighted by molar-refractivity contribution is 5.84. The fraction of sp³-hybridized carbons (Fsp3) is 0.708. The molecule has 1 heterocycles. The topological polar surface area (TPSA) is 41.1 Å². The SMILES string of the molecule is CC[C@@]12CC3CC(C(=O)NC4CCNCC4)(C1)C[C@](c1ccccc1)(C3)C2. The van der Waals surface area contributed by atoms with E-state index in [1.54, 1.807) is 0 Å². The Morgan fingerprint density at radius 2 is 1.85 bits per heavy atom. The molecule has 2 N–H and O–H groups in total. The third-order valence-electron chi connectivity index (χ3n) is 8.48. The first kappa shape index (κ1) is 17.7. The van der Waals surface area contributed by atoms with E-state index in [0.29, 0.717) is 17.4 Å². The predicted molar refractivity (Wildman–Crippen MR) is 109 cm³/mol. The lowest BCUT2D eigenvalue weighted by Gasteiger charge is -2.66. The summed E-state index contributed by atoms with van der Waals surface area (Å²) in [5.41, 5.74) is 1.96. The van der Waals surface area contributed by atoms with Crippen molar-refractivity contribution in [1.82, 2.24) is 10.6 Å². The summed E-state index contributed by atoms with van der Waals surface area (Å²) in [5.74, 6) is 1.11. The van der Waals surface area contributed by atoms with E-state index in [-0.39, 0.29) is 10.8 Å². The minimum atomic E-state index is -0.129. The first-order valence-electron chi connectivity index (χ1n) is 11.1. The molecule has 1 saturated heterocycles. The summed E-state index contributed by atoms with van der Waals surface area (Å²) >= 11 is 0. The molecule has 4 bridgehead atoms. The molecule has 1 aromatic rings. The van der Waals surface area contributed by atoms with Gasteiger partial charge in [-0.05, 0) is 86.8 Å². The Bertz CT molecular complexity index is 712. The Labute approximate surface area is 163 Å². The molecule has 3 heteroatoms. The zero-order chi connectivity index (χ0) is 18.5. The van der Waals surface area contributed by atoms with Gasteiger partial charge in [0.15, 0.2) is 0 Å². The minimum Gasteiger partial charge on any atom is -0.353 e. The summed E-state index contributed by atoms with van der Waals surface area (Å²) in [5, 5.41) is 6.92. The highest BCUT2D eigenvalue weighted by atomic mass is 16.2. The molecule has 1 aliphatic heterocycles. The molecular formula is C24H34N2O. The summed E-state index contributed by atoms with van der Waals surface area (Å²) in [6, 6.07) is 11.5. The van der Waals surface area contributed by atoms with Gasteiger partial charge >= 0.3 is 0 Å². The Balaban J connectivity index is 1.48. The molecule has 1 aromatic carbocycles. The maximum absolute atomic E-state index is 13.7. The zero-order valence-electron chi connectivity index (χ0n) is 16.7. The highest BCUT2D eigenvalue weighted by Crippen LogP contribution is 2.71. The van der Waals surface area contributed by atoms with Gasteiger partial charge in [0.2, 0.25) is 5.91 Å². The van der Waals surface area contributed by atoms with Gasteiger partial charge in [-0.15, -0.1) is 0 Å². The summed E-state index contributed by atoms with van der Waals surface area (Å²) in [6.45, 7) is 4.44. The average molecular weight is 367 g/mol. The van der Waals surface area contributed by atoms with Crippen LogP contribution in [0.2, 0.25) is 0 Å². The van der Waals surface area contributed by atoms with E-state index in [1.807, 2.05) is 0 Å². The molecule has 5 aliphatic rings. The van der Waals surface area contributed by atoms with E-state index in [9.17, 15) is 4.79 Å². The van der Waals surface area contributed by atoms with Crippen LogP contribution in [0.25, 0.3) is 0 Å². The molecule has 3 nitrogen and oxygen atoms in total. The van der Waals surface area contributed by atoms with Gasteiger partial charge in [-0.1, -0.05) is 43.7 Å². The maximum Gasteiger partial charge on any atom is 0.226 e. The zero-order valence-corrected chi connectivity index (χ0v) is 16.7. The Hall–Kier alpha value is -1.35. The van der Waals surface area contributed by atoms with Crippen molar-refractivity contribution in [2.24, 2.45) is 16.7 Å². The number of carbonyl (C=O) groups is 1. The number of rotatable bonds is 4. The molecule has 4 saturated carbocycles. The van der Waals surface area contributed by atoms with E-state index in [0.717, 1.165) is 51.1 Å². The molecule has 0 spiro atoms. The van der Waals surface area contributed by atoms with Gasteiger partial charge < -0.3 is 10.6 Å². The lowest BCUT2D eigenvalue weighted by molar-refractivity contribution is -0.164. The Morgan fingerprint density at radius 3 is 2.59 bits per heavy atom. The summed E-state index contributed by atoms with van der Waals surface area (Å²) < 4.78 is 0. The monoisotopic (exact) mass is 366 g/mol. The fourth-order valence-corrected chi connectivity index (χ4v) is 7.70. The smallest absolute Gasteiger partial charge is 0.226 e. The fourth-order valence-electron chi connectivity index (χ4n) is 7.70. The molecule has 0 radical (unpaired) electrons. The van der Waals surface area contributed by atoms with E-state index in [2.05, 4.69) is 47.9 Å². The van der Waals surface area contributed by atoms with Crippen LogP contribution in [-0.4, -0.2) is 25.0 Å². The van der Waals surface area contributed by atoms with Crippen molar-refractivity contribution in [3.8, 4) is 0 Å². The number of hydrogen-bond donors (Lipinski definition) is 2. The molecule has 4 atom stereocenters. The van der Waals surface area contributed by atoms with Crippen LogP contribution < -0.4 is 10.6 Å². The molecule has 1 amide bonds. The maximum atomic E-state index is 13.7. The van der Waals surface area contributed by atoms with Crippen LogP contribution in [0.1, 0.15) is 70.3 Å². The number of carbonyl (C=O) groups excluding carboxylic acids is 1. The molecule has 2 unspecified atom stereocenters. The van der Waals surface area contributed by atoms with Crippen molar-refractivity contribution in [2.75, 3.05) is 13.1 Å². The van der Waals surface area contributed by atoms with Gasteiger partial charge in [-0.25, -0.2) is 0 Å². The van der Waals surface area contributed by atoms with Crippen LogP contribution in [0.15, 0.2) is 30.3 Å². The van der Waals surface area contributed by atoms with Gasteiger partial charge in [0.05, 0.1) is 5.41 Å². The first-order chi connectivity index (χ1) is 13.1. The number of nitrogens with one attached hydrogen (secondary N) is 2. The van der Waals surface area contributed by atoms with Crippen molar-refractivity contribution in [3.05, 3.63) is 35.9 Å². The van der Waals surface area contributed by atoms with Crippen molar-refractivity contribution in [3.63, 3.8) is 0 Å². The Morgan fingerprint density at radius 1 is 1.07 bits per heavy atom. The van der Waals surface area contributed by atoms with Crippen molar-refractivity contribution < 1.29 is 4.79 Å². The second-order valence-electron chi connectivity index (χ2n) is 10.3. The second kappa shape index (κ2) is 6.34. The highest BCUT2D eigenvalue weighted by Gasteiger charge is 2.65.